The summed E-state index contributed by atoms with van der Waals surface area (Å²) in [6.45, 7) is 1.57. The Morgan fingerprint density at radius 2 is 1.44 bits per heavy atom. The monoisotopic (exact) mass is 444 g/mol. The summed E-state index contributed by atoms with van der Waals surface area (Å²) in [5, 5.41) is 19.9. The molecule has 0 radical (unpaired) electrons. The number of anilines is 1. The molecule has 32 heavy (non-hydrogen) atoms. The largest absolute Gasteiger partial charge is 0.414 e. The van der Waals surface area contributed by atoms with Crippen LogP contribution in [0.1, 0.15) is 11.1 Å². The van der Waals surface area contributed by atoms with Crippen LogP contribution in [-0.4, -0.2) is 4.92 Å². The number of azo groups is 1. The molecular formula is C24H22N5O2S+. The first kappa shape index (κ1) is 21.3. The van der Waals surface area contributed by atoms with Crippen LogP contribution in [0.3, 0.4) is 0 Å². The molecule has 0 aliphatic carbocycles. The number of aryl methyl sites for hydroxylation is 1. The van der Waals surface area contributed by atoms with E-state index in [1.54, 1.807) is 11.6 Å². The lowest BCUT2D eigenvalue weighted by atomic mass is 10.1. The maximum Gasteiger partial charge on any atom is 0.414 e. The van der Waals surface area contributed by atoms with Crippen molar-refractivity contribution in [3.05, 3.63) is 112 Å². The first-order chi connectivity index (χ1) is 15.6. The molecular weight excluding hydrogens is 422 g/mol. The second-order valence-corrected chi connectivity index (χ2v) is 8.25. The second kappa shape index (κ2) is 9.93. The predicted octanol–water partition coefficient (Wildman–Crippen LogP) is 6.10. The van der Waals surface area contributed by atoms with Crippen molar-refractivity contribution < 1.29 is 9.49 Å². The van der Waals surface area contributed by atoms with E-state index in [9.17, 15) is 10.1 Å². The van der Waals surface area contributed by atoms with Crippen molar-refractivity contribution in [2.75, 3.05) is 4.90 Å². The molecule has 0 aliphatic heterocycles. The normalized spacial score (nSPS) is 11.0. The molecule has 0 saturated carbocycles. The van der Waals surface area contributed by atoms with Gasteiger partial charge in [0.1, 0.15) is 5.69 Å². The van der Waals surface area contributed by atoms with E-state index < -0.39 is 4.92 Å². The van der Waals surface area contributed by atoms with Crippen LogP contribution in [0.2, 0.25) is 0 Å². The maximum atomic E-state index is 10.9. The van der Waals surface area contributed by atoms with Gasteiger partial charge in [-0.3, -0.25) is 10.1 Å². The number of hydrogen-bond acceptors (Lipinski definition) is 6. The quantitative estimate of drug-likeness (QED) is 0.143. The number of rotatable bonds is 8. The summed E-state index contributed by atoms with van der Waals surface area (Å²) < 4.78 is 1.60. The molecule has 0 bridgehead atoms. The van der Waals surface area contributed by atoms with E-state index in [2.05, 4.69) is 63.7 Å². The number of nitrogens with zero attached hydrogens (tertiary/aromatic N) is 5. The molecule has 0 fully saturated rings. The number of nitro groups is 1. The summed E-state index contributed by atoms with van der Waals surface area (Å²) >= 11 is 0.993. The SMILES string of the molecule is C[n+]1cc([N+](=O)[O-])sc1N=Nc1ccc(N(Cc2ccccc2)Cc2ccccc2)cc1. The minimum atomic E-state index is -0.424. The van der Waals surface area contributed by atoms with Crippen LogP contribution in [0.4, 0.5) is 21.5 Å². The van der Waals surface area contributed by atoms with Gasteiger partial charge in [-0.25, -0.2) is 4.57 Å². The summed E-state index contributed by atoms with van der Waals surface area (Å²) in [6.07, 6.45) is 1.44. The van der Waals surface area contributed by atoms with E-state index in [0.29, 0.717) is 10.8 Å². The molecule has 0 spiro atoms. The van der Waals surface area contributed by atoms with Crippen molar-refractivity contribution in [1.29, 1.82) is 0 Å². The summed E-state index contributed by atoms with van der Waals surface area (Å²) in [7, 11) is 1.71. The standard InChI is InChI=1S/C24H22N5O2S/c1-27-18-23(29(30)31)32-24(27)26-25-21-12-14-22(15-13-21)28(16-19-8-4-2-5-9-19)17-20-10-6-3-7-11-20/h2-15,18H,16-17H2,1H3/q+1. The zero-order valence-electron chi connectivity index (χ0n) is 17.5. The molecule has 8 heteroatoms. The van der Waals surface area contributed by atoms with Crippen LogP contribution < -0.4 is 9.47 Å². The Morgan fingerprint density at radius 1 is 0.875 bits per heavy atom. The Morgan fingerprint density at radius 3 is 1.94 bits per heavy atom. The number of aromatic nitrogens is 1. The number of thiazole rings is 1. The van der Waals surface area contributed by atoms with E-state index in [0.717, 1.165) is 30.1 Å². The lowest BCUT2D eigenvalue weighted by Crippen LogP contribution is -2.23. The zero-order chi connectivity index (χ0) is 22.3. The molecule has 160 valence electrons. The van der Waals surface area contributed by atoms with Crippen molar-refractivity contribution in [2.45, 2.75) is 13.1 Å². The minimum absolute atomic E-state index is 0.0364. The predicted molar refractivity (Wildman–Crippen MR) is 126 cm³/mol. The third-order valence-electron chi connectivity index (χ3n) is 4.88. The molecule has 0 aliphatic rings. The average molecular weight is 445 g/mol. The van der Waals surface area contributed by atoms with Gasteiger partial charge in [0.05, 0.1) is 17.1 Å². The highest BCUT2D eigenvalue weighted by molar-refractivity contribution is 7.17. The Balaban J connectivity index is 1.54. The molecule has 0 amide bonds. The van der Waals surface area contributed by atoms with Gasteiger partial charge in [-0.1, -0.05) is 60.7 Å². The summed E-state index contributed by atoms with van der Waals surface area (Å²) in [6, 6.07) is 28.6. The van der Waals surface area contributed by atoms with Crippen molar-refractivity contribution in [3.63, 3.8) is 0 Å². The van der Waals surface area contributed by atoms with Gasteiger partial charge in [0.25, 0.3) is 0 Å². The van der Waals surface area contributed by atoms with Gasteiger partial charge >= 0.3 is 10.1 Å². The molecule has 0 N–H and O–H groups in total. The molecule has 1 aromatic heterocycles. The van der Waals surface area contributed by atoms with E-state index in [1.807, 2.05) is 36.4 Å². The third-order valence-corrected chi connectivity index (χ3v) is 5.90. The fourth-order valence-corrected chi connectivity index (χ4v) is 4.02. The maximum absolute atomic E-state index is 10.9. The lowest BCUT2D eigenvalue weighted by molar-refractivity contribution is -0.656. The van der Waals surface area contributed by atoms with Crippen molar-refractivity contribution in [1.82, 2.24) is 0 Å². The van der Waals surface area contributed by atoms with Gasteiger partial charge in [-0.2, -0.15) is 0 Å². The van der Waals surface area contributed by atoms with Crippen LogP contribution in [-0.2, 0) is 20.1 Å². The van der Waals surface area contributed by atoms with Gasteiger partial charge in [0, 0.05) is 30.1 Å². The highest BCUT2D eigenvalue weighted by Crippen LogP contribution is 2.28. The van der Waals surface area contributed by atoms with Gasteiger partial charge in [-0.15, -0.1) is 0 Å². The molecule has 0 atom stereocenters. The number of hydrogen-bond donors (Lipinski definition) is 0. The Hall–Kier alpha value is -3.91. The van der Waals surface area contributed by atoms with Crippen LogP contribution in [0.25, 0.3) is 0 Å². The van der Waals surface area contributed by atoms with E-state index >= 15 is 0 Å². The van der Waals surface area contributed by atoms with E-state index in [1.165, 1.54) is 17.3 Å². The zero-order valence-corrected chi connectivity index (χ0v) is 18.4. The van der Waals surface area contributed by atoms with E-state index in [-0.39, 0.29) is 5.00 Å². The van der Waals surface area contributed by atoms with Gasteiger partial charge < -0.3 is 4.90 Å². The van der Waals surface area contributed by atoms with Crippen LogP contribution in [0.5, 0.6) is 0 Å². The van der Waals surface area contributed by atoms with Crippen molar-refractivity contribution >= 4 is 32.8 Å². The van der Waals surface area contributed by atoms with Gasteiger partial charge in [0.2, 0.25) is 0 Å². The summed E-state index contributed by atoms with van der Waals surface area (Å²) in [4.78, 5) is 12.8. The minimum Gasteiger partial charge on any atom is -0.363 e. The fraction of sp³-hybridized carbons (Fsp3) is 0.125. The molecule has 7 nitrogen and oxygen atoms in total. The lowest BCUT2D eigenvalue weighted by Gasteiger charge is -2.25. The molecule has 4 aromatic rings. The van der Waals surface area contributed by atoms with Crippen molar-refractivity contribution in [2.24, 2.45) is 17.3 Å². The molecule has 0 unspecified atom stereocenters. The molecule has 3 aromatic carbocycles. The first-order valence-electron chi connectivity index (χ1n) is 10.1. The fourth-order valence-electron chi connectivity index (χ4n) is 3.26. The summed E-state index contributed by atoms with van der Waals surface area (Å²) in [5.41, 5.74) is 4.23. The van der Waals surface area contributed by atoms with Crippen LogP contribution in [0.15, 0.2) is 101 Å². The van der Waals surface area contributed by atoms with E-state index in [4.69, 9.17) is 0 Å². The third kappa shape index (κ3) is 5.41. The van der Waals surface area contributed by atoms with Gasteiger partial charge in [-0.05, 0) is 40.5 Å². The second-order valence-electron chi connectivity index (χ2n) is 7.26. The average Bonchev–Trinajstić information content (AvgIpc) is 3.20. The highest BCUT2D eigenvalue weighted by atomic mass is 32.1. The van der Waals surface area contributed by atoms with Crippen LogP contribution >= 0.6 is 11.3 Å². The topological polar surface area (TPSA) is 75.0 Å². The Bertz CT molecular complexity index is 1170. The Labute approximate surface area is 190 Å². The Kier molecular flexibility index (Phi) is 6.62. The molecule has 0 saturated heterocycles. The first-order valence-corrected chi connectivity index (χ1v) is 10.9. The smallest absolute Gasteiger partial charge is 0.363 e. The number of benzene rings is 3. The van der Waals surface area contributed by atoms with Crippen molar-refractivity contribution in [3.8, 4) is 0 Å². The molecule has 4 rings (SSSR count). The van der Waals surface area contributed by atoms with Gasteiger partial charge in [0.15, 0.2) is 6.20 Å². The highest BCUT2D eigenvalue weighted by Gasteiger charge is 2.21. The van der Waals surface area contributed by atoms with Crippen LogP contribution in [0, 0.1) is 10.1 Å². The molecule has 1 heterocycles. The summed E-state index contributed by atoms with van der Waals surface area (Å²) in [5.74, 6) is 0.